The average Bonchev–Trinajstić information content (AvgIpc) is 3.32. The predicted octanol–water partition coefficient (Wildman–Crippen LogP) is 1.96. The minimum absolute atomic E-state index is 0.117. The van der Waals surface area contributed by atoms with Crippen LogP contribution in [0.1, 0.15) is 17.2 Å². The van der Waals surface area contributed by atoms with Crippen molar-refractivity contribution >= 4 is 11.6 Å². The molecule has 0 saturated heterocycles. The number of pyridine rings is 1. The third-order valence-corrected chi connectivity index (χ3v) is 4.21. The molecule has 0 fully saturated rings. The van der Waals surface area contributed by atoms with Gasteiger partial charge < -0.3 is 14.6 Å². The number of hydrogen-bond acceptors (Lipinski definition) is 7. The van der Waals surface area contributed by atoms with Crippen molar-refractivity contribution in [1.82, 2.24) is 30.1 Å². The van der Waals surface area contributed by atoms with Crippen molar-refractivity contribution < 1.29 is 14.1 Å². The minimum Gasteiger partial charge on any atom is -0.497 e. The van der Waals surface area contributed by atoms with E-state index in [9.17, 15) is 4.79 Å². The first-order chi connectivity index (χ1) is 13.6. The van der Waals surface area contributed by atoms with E-state index in [0.717, 1.165) is 11.3 Å². The third-order valence-electron chi connectivity index (χ3n) is 4.21. The van der Waals surface area contributed by atoms with Gasteiger partial charge in [0.25, 0.3) is 5.89 Å². The van der Waals surface area contributed by atoms with Crippen LogP contribution < -0.4 is 10.1 Å². The average molecular weight is 378 g/mol. The molecular weight excluding hydrogens is 360 g/mol. The number of carbonyl (C=O) groups excluding carboxylic acids is 1. The van der Waals surface area contributed by atoms with Crippen LogP contribution in [0.3, 0.4) is 0 Å². The van der Waals surface area contributed by atoms with Gasteiger partial charge in [0.15, 0.2) is 17.3 Å². The first-order valence-corrected chi connectivity index (χ1v) is 8.67. The van der Waals surface area contributed by atoms with E-state index >= 15 is 0 Å². The highest BCUT2D eigenvalue weighted by Gasteiger charge is 2.15. The third kappa shape index (κ3) is 3.54. The van der Waals surface area contributed by atoms with Crippen LogP contribution in [0, 0.1) is 6.92 Å². The van der Waals surface area contributed by atoms with E-state index in [1.54, 1.807) is 18.4 Å². The molecule has 0 radical (unpaired) electrons. The van der Waals surface area contributed by atoms with Crippen molar-refractivity contribution in [1.29, 1.82) is 0 Å². The molecule has 4 aromatic rings. The van der Waals surface area contributed by atoms with Crippen LogP contribution in [0.2, 0.25) is 0 Å². The minimum atomic E-state index is -0.117. The van der Waals surface area contributed by atoms with Gasteiger partial charge in [0.05, 0.1) is 25.6 Å². The summed E-state index contributed by atoms with van der Waals surface area (Å²) in [6.45, 7) is 2.00. The van der Waals surface area contributed by atoms with Crippen LogP contribution >= 0.6 is 0 Å². The summed E-state index contributed by atoms with van der Waals surface area (Å²) in [5.41, 5.74) is 2.14. The van der Waals surface area contributed by atoms with E-state index in [2.05, 4.69) is 25.7 Å². The summed E-state index contributed by atoms with van der Waals surface area (Å²) < 4.78 is 12.2. The Labute approximate surface area is 160 Å². The Morgan fingerprint density at radius 3 is 2.93 bits per heavy atom. The molecule has 0 bridgehead atoms. The first kappa shape index (κ1) is 17.7. The quantitative estimate of drug-likeness (QED) is 0.546. The fourth-order valence-electron chi connectivity index (χ4n) is 2.87. The Morgan fingerprint density at radius 2 is 2.14 bits per heavy atom. The van der Waals surface area contributed by atoms with Crippen LogP contribution in [0.15, 0.2) is 47.1 Å². The van der Waals surface area contributed by atoms with Crippen molar-refractivity contribution in [3.8, 4) is 17.2 Å². The monoisotopic (exact) mass is 378 g/mol. The molecule has 0 spiro atoms. The van der Waals surface area contributed by atoms with Crippen molar-refractivity contribution in [2.45, 2.75) is 19.9 Å². The zero-order valence-corrected chi connectivity index (χ0v) is 15.4. The number of rotatable bonds is 6. The van der Waals surface area contributed by atoms with Crippen LogP contribution in [-0.4, -0.2) is 37.8 Å². The van der Waals surface area contributed by atoms with Gasteiger partial charge >= 0.3 is 0 Å². The van der Waals surface area contributed by atoms with Crippen LogP contribution in [0.4, 0.5) is 0 Å². The molecule has 3 aromatic heterocycles. The van der Waals surface area contributed by atoms with Gasteiger partial charge in [-0.1, -0.05) is 17.3 Å². The summed E-state index contributed by atoms with van der Waals surface area (Å²) in [7, 11) is 1.60. The molecule has 9 nitrogen and oxygen atoms in total. The number of nitrogens with one attached hydrogen (secondary N) is 1. The van der Waals surface area contributed by atoms with Gasteiger partial charge in [-0.15, -0.1) is 10.2 Å². The van der Waals surface area contributed by atoms with E-state index in [1.165, 1.54) is 0 Å². The number of benzene rings is 1. The van der Waals surface area contributed by atoms with E-state index in [-0.39, 0.29) is 18.9 Å². The Kier molecular flexibility index (Phi) is 4.71. The van der Waals surface area contributed by atoms with Crippen molar-refractivity contribution in [3.63, 3.8) is 0 Å². The summed E-state index contributed by atoms with van der Waals surface area (Å²) in [5.74, 6) is 2.13. The Balaban J connectivity index is 1.48. The first-order valence-electron chi connectivity index (χ1n) is 8.67. The maximum absolute atomic E-state index is 12.3. The molecule has 1 amide bonds. The normalized spacial score (nSPS) is 10.9. The van der Waals surface area contributed by atoms with Gasteiger partial charge in [0.1, 0.15) is 5.75 Å². The molecule has 0 atom stereocenters. The van der Waals surface area contributed by atoms with Gasteiger partial charge in [-0.25, -0.2) is 0 Å². The fraction of sp³-hybridized carbons (Fsp3) is 0.211. The number of carbonyl (C=O) groups is 1. The standard InChI is InChI=1S/C19H18N6O3/c1-12-21-19(28-24-12)15-7-4-8-25-16(22-23-18(15)25)11-20-17(26)10-13-5-3-6-14(9-13)27-2/h3-9H,10-11H2,1-2H3,(H,20,26). The van der Waals surface area contributed by atoms with Crippen molar-refractivity contribution in [3.05, 3.63) is 59.8 Å². The smallest absolute Gasteiger partial charge is 0.261 e. The maximum Gasteiger partial charge on any atom is 0.261 e. The maximum atomic E-state index is 12.3. The van der Waals surface area contributed by atoms with E-state index in [0.29, 0.717) is 28.8 Å². The molecule has 0 aliphatic heterocycles. The lowest BCUT2D eigenvalue weighted by Crippen LogP contribution is -2.25. The molecule has 28 heavy (non-hydrogen) atoms. The van der Waals surface area contributed by atoms with Crippen LogP contribution in [0.5, 0.6) is 5.75 Å². The molecular formula is C19H18N6O3. The number of ether oxygens (including phenoxy) is 1. The Hall–Kier alpha value is -3.75. The largest absolute Gasteiger partial charge is 0.497 e. The fourth-order valence-corrected chi connectivity index (χ4v) is 2.87. The summed E-state index contributed by atoms with van der Waals surface area (Å²) >= 11 is 0. The number of hydrogen-bond donors (Lipinski definition) is 1. The topological polar surface area (TPSA) is 107 Å². The molecule has 142 valence electrons. The molecule has 0 saturated carbocycles. The second kappa shape index (κ2) is 7.47. The summed E-state index contributed by atoms with van der Waals surface area (Å²) in [5, 5.41) is 15.1. The highest BCUT2D eigenvalue weighted by Crippen LogP contribution is 2.22. The second-order valence-corrected chi connectivity index (χ2v) is 6.18. The summed E-state index contributed by atoms with van der Waals surface area (Å²) in [6.07, 6.45) is 2.08. The predicted molar refractivity (Wildman–Crippen MR) is 99.6 cm³/mol. The Bertz CT molecular complexity index is 1130. The number of aryl methyl sites for hydroxylation is 1. The van der Waals surface area contributed by atoms with Gasteiger partial charge in [-0.3, -0.25) is 9.20 Å². The number of methoxy groups -OCH3 is 1. The van der Waals surface area contributed by atoms with Gasteiger partial charge in [0.2, 0.25) is 5.91 Å². The van der Waals surface area contributed by atoms with Crippen LogP contribution in [-0.2, 0) is 17.8 Å². The zero-order valence-electron chi connectivity index (χ0n) is 15.4. The lowest BCUT2D eigenvalue weighted by molar-refractivity contribution is -0.120. The highest BCUT2D eigenvalue weighted by molar-refractivity contribution is 5.78. The second-order valence-electron chi connectivity index (χ2n) is 6.18. The number of aromatic nitrogens is 5. The number of amides is 1. The molecule has 0 aliphatic rings. The molecule has 3 heterocycles. The summed E-state index contributed by atoms with van der Waals surface area (Å²) in [6, 6.07) is 11.1. The van der Waals surface area contributed by atoms with E-state index < -0.39 is 0 Å². The lowest BCUT2D eigenvalue weighted by atomic mass is 10.1. The number of fused-ring (bicyclic) bond motifs is 1. The van der Waals surface area contributed by atoms with Crippen LogP contribution in [0.25, 0.3) is 17.1 Å². The van der Waals surface area contributed by atoms with E-state index in [1.807, 2.05) is 42.6 Å². The molecule has 4 rings (SSSR count). The SMILES string of the molecule is COc1cccc(CC(=O)NCc2nnc3c(-c4nc(C)no4)cccn23)c1. The number of nitrogens with zero attached hydrogens (tertiary/aromatic N) is 5. The Morgan fingerprint density at radius 1 is 1.25 bits per heavy atom. The molecule has 1 aromatic carbocycles. The molecule has 0 aliphatic carbocycles. The van der Waals surface area contributed by atoms with Gasteiger partial charge in [0, 0.05) is 6.20 Å². The summed E-state index contributed by atoms with van der Waals surface area (Å²) in [4.78, 5) is 16.5. The molecule has 9 heteroatoms. The van der Waals surface area contributed by atoms with Crippen molar-refractivity contribution in [2.24, 2.45) is 0 Å². The van der Waals surface area contributed by atoms with E-state index in [4.69, 9.17) is 9.26 Å². The molecule has 0 unspecified atom stereocenters. The van der Waals surface area contributed by atoms with Gasteiger partial charge in [-0.2, -0.15) is 4.98 Å². The lowest BCUT2D eigenvalue weighted by Gasteiger charge is -2.06. The zero-order chi connectivity index (χ0) is 19.5. The highest BCUT2D eigenvalue weighted by atomic mass is 16.5. The molecule has 1 N–H and O–H groups in total. The van der Waals surface area contributed by atoms with Gasteiger partial charge in [-0.05, 0) is 36.8 Å². The van der Waals surface area contributed by atoms with Crippen molar-refractivity contribution in [2.75, 3.05) is 7.11 Å².